The number of hydrogen-bond donors (Lipinski definition) is 5. The Balaban J connectivity index is 1.47. The minimum Gasteiger partial charge on any atom is -0.480 e. The summed E-state index contributed by atoms with van der Waals surface area (Å²) >= 11 is 3.30. The SMILES string of the molecule is Nc1nc(C(=NO)C(=O)NC2C(=O)N3C(C(=O)O)=C(CSc4nnnn4CC(=O)O)CS[C@H]23)cs1. The largest absolute Gasteiger partial charge is 0.480 e. The van der Waals surface area contributed by atoms with Gasteiger partial charge < -0.3 is 26.5 Å². The second-order valence-corrected chi connectivity index (χ2v) is 9.88. The molecule has 0 aliphatic carbocycles. The fourth-order valence-corrected chi connectivity index (χ4v) is 6.20. The Hall–Kier alpha value is -3.71. The first-order chi connectivity index (χ1) is 16.7. The van der Waals surface area contributed by atoms with Crippen molar-refractivity contribution in [1.29, 1.82) is 0 Å². The number of thioether (sulfide) groups is 2. The minimum absolute atomic E-state index is 0.0306. The molecule has 2 aromatic rings. The first-order valence-corrected chi connectivity index (χ1v) is 12.4. The van der Waals surface area contributed by atoms with Crippen molar-refractivity contribution in [3.63, 3.8) is 0 Å². The van der Waals surface area contributed by atoms with Gasteiger partial charge in [-0.15, -0.1) is 28.2 Å². The summed E-state index contributed by atoms with van der Waals surface area (Å²) in [6.45, 7) is -0.463. The third-order valence-corrected chi connectivity index (χ3v) is 7.83. The molecule has 0 radical (unpaired) electrons. The van der Waals surface area contributed by atoms with Crippen molar-refractivity contribution in [1.82, 2.24) is 35.4 Å². The van der Waals surface area contributed by atoms with Gasteiger partial charge in [0.15, 0.2) is 10.8 Å². The van der Waals surface area contributed by atoms with E-state index in [2.05, 4.69) is 31.0 Å². The number of hydrogen-bond acceptors (Lipinski definition) is 14. The molecule has 4 rings (SSSR count). The molecule has 19 heteroatoms. The number of carbonyl (C=O) groups is 4. The molecular formula is C16H15N9O7S3. The third kappa shape index (κ3) is 4.77. The summed E-state index contributed by atoms with van der Waals surface area (Å²) in [5.74, 6) is -3.68. The lowest BCUT2D eigenvalue weighted by atomic mass is 10.0. The number of aromatic nitrogens is 5. The van der Waals surface area contributed by atoms with E-state index in [1.54, 1.807) is 0 Å². The van der Waals surface area contributed by atoms with E-state index in [0.717, 1.165) is 32.7 Å². The number of nitrogens with two attached hydrogens (primary N) is 1. The van der Waals surface area contributed by atoms with E-state index in [0.29, 0.717) is 5.57 Å². The lowest BCUT2D eigenvalue weighted by Crippen LogP contribution is -2.71. The van der Waals surface area contributed by atoms with Gasteiger partial charge >= 0.3 is 11.9 Å². The molecule has 16 nitrogen and oxygen atoms in total. The van der Waals surface area contributed by atoms with Crippen molar-refractivity contribution in [2.45, 2.75) is 23.1 Å². The van der Waals surface area contributed by atoms with Gasteiger partial charge in [-0.3, -0.25) is 19.3 Å². The summed E-state index contributed by atoms with van der Waals surface area (Å²) in [5, 5.41) is 45.1. The summed E-state index contributed by atoms with van der Waals surface area (Å²) in [7, 11) is 0. The summed E-state index contributed by atoms with van der Waals surface area (Å²) < 4.78 is 1.06. The van der Waals surface area contributed by atoms with Gasteiger partial charge in [-0.2, -0.15) is 0 Å². The lowest BCUT2D eigenvalue weighted by Gasteiger charge is -2.49. The highest BCUT2D eigenvalue weighted by molar-refractivity contribution is 8.01. The number of aliphatic carboxylic acids is 2. The van der Waals surface area contributed by atoms with Gasteiger partial charge in [0.1, 0.15) is 29.4 Å². The fraction of sp³-hybridized carbons (Fsp3) is 0.312. The first-order valence-electron chi connectivity index (χ1n) is 9.46. The average molecular weight is 542 g/mol. The highest BCUT2D eigenvalue weighted by Crippen LogP contribution is 2.41. The molecule has 1 saturated heterocycles. The van der Waals surface area contributed by atoms with E-state index in [1.807, 2.05) is 0 Å². The number of nitrogens with one attached hydrogen (secondary N) is 1. The molecule has 0 spiro atoms. The molecule has 2 amide bonds. The molecule has 6 N–H and O–H groups in total. The van der Waals surface area contributed by atoms with Gasteiger partial charge in [-0.1, -0.05) is 16.9 Å². The molecule has 184 valence electrons. The summed E-state index contributed by atoms with van der Waals surface area (Å²) in [6, 6.07) is -1.05. The van der Waals surface area contributed by atoms with E-state index in [4.69, 9.17) is 10.8 Å². The number of β-lactam (4-membered cyclic amide) rings is 1. The fourth-order valence-electron chi connectivity index (χ4n) is 3.29. The number of carboxylic acids is 2. The molecule has 0 bridgehead atoms. The van der Waals surface area contributed by atoms with Crippen LogP contribution in [0.25, 0.3) is 0 Å². The number of fused-ring (bicyclic) bond motifs is 1. The first kappa shape index (κ1) is 24.4. The van der Waals surface area contributed by atoms with Crippen LogP contribution < -0.4 is 11.1 Å². The standard InChI is InChI=1S/C16H15N9O7S3/c17-15-18-6(4-34-15)8(21-32)11(28)19-9-12(29)25-10(14(30)31)5(2-33-13(9)25)3-35-16-20-22-23-24(16)1-7(26)27/h4,9,13,32H,1-3H2,(H2,17,18)(H,19,28)(H,26,27)(H,30,31)/t9?,13-/m1/s1. The quantitative estimate of drug-likeness (QED) is 0.0798. The third-order valence-electron chi connectivity index (χ3n) is 4.78. The molecule has 0 aromatic carbocycles. The number of rotatable bonds is 9. The number of carboxylic acid groups (broad SMARTS) is 2. The van der Waals surface area contributed by atoms with Crippen LogP contribution in [-0.4, -0.2) is 97.9 Å². The van der Waals surface area contributed by atoms with Crippen molar-refractivity contribution >= 4 is 69.5 Å². The molecule has 2 atom stereocenters. The Bertz CT molecular complexity index is 1270. The van der Waals surface area contributed by atoms with Gasteiger partial charge in [-0.25, -0.2) is 14.5 Å². The van der Waals surface area contributed by atoms with Crippen LogP contribution in [0.2, 0.25) is 0 Å². The second kappa shape index (κ2) is 9.88. The minimum atomic E-state index is -1.33. The normalized spacial score (nSPS) is 19.8. The van der Waals surface area contributed by atoms with E-state index in [9.17, 15) is 29.5 Å². The van der Waals surface area contributed by atoms with E-state index < -0.39 is 47.4 Å². The maximum absolute atomic E-state index is 12.8. The molecule has 35 heavy (non-hydrogen) atoms. The second-order valence-electron chi connectivity index (χ2n) is 6.94. The summed E-state index contributed by atoms with van der Waals surface area (Å²) in [4.78, 5) is 53.2. The Morgan fingerprint density at radius 2 is 2.11 bits per heavy atom. The van der Waals surface area contributed by atoms with Crippen LogP contribution in [0, 0.1) is 0 Å². The topological polar surface area (TPSA) is 239 Å². The van der Waals surface area contributed by atoms with Gasteiger partial charge in [0.05, 0.1) is 0 Å². The smallest absolute Gasteiger partial charge is 0.352 e. The van der Waals surface area contributed by atoms with Crippen molar-refractivity contribution < 1.29 is 34.6 Å². The Kier molecular flexibility index (Phi) is 6.89. The van der Waals surface area contributed by atoms with E-state index in [1.165, 1.54) is 17.1 Å². The molecule has 4 heterocycles. The predicted molar refractivity (Wildman–Crippen MR) is 121 cm³/mol. The number of nitrogen functional groups attached to an aromatic ring is 1. The van der Waals surface area contributed by atoms with Crippen molar-refractivity contribution in [2.24, 2.45) is 5.16 Å². The molecule has 2 aromatic heterocycles. The van der Waals surface area contributed by atoms with Crippen molar-refractivity contribution in [3.05, 3.63) is 22.3 Å². The average Bonchev–Trinajstić information content (AvgIpc) is 3.43. The van der Waals surface area contributed by atoms with Gasteiger partial charge in [0.25, 0.3) is 11.8 Å². The van der Waals surface area contributed by atoms with E-state index in [-0.39, 0.29) is 33.2 Å². The van der Waals surface area contributed by atoms with Gasteiger partial charge in [0, 0.05) is 16.9 Å². The summed E-state index contributed by atoms with van der Waals surface area (Å²) in [5.41, 5.74) is 5.31. The Labute approximate surface area is 207 Å². The Morgan fingerprint density at radius 3 is 2.74 bits per heavy atom. The zero-order chi connectivity index (χ0) is 25.3. The van der Waals surface area contributed by atoms with E-state index >= 15 is 0 Å². The summed E-state index contributed by atoms with van der Waals surface area (Å²) in [6.07, 6.45) is 0. The zero-order valence-corrected chi connectivity index (χ0v) is 19.7. The van der Waals surface area contributed by atoms with Crippen molar-refractivity contribution in [2.75, 3.05) is 17.2 Å². The number of thiazole rings is 1. The van der Waals surface area contributed by atoms with Crippen LogP contribution in [-0.2, 0) is 25.7 Å². The maximum atomic E-state index is 12.8. The number of amides is 2. The van der Waals surface area contributed by atoms with Crippen LogP contribution in [0.15, 0.2) is 27.0 Å². The number of oxime groups is 1. The molecule has 2 aliphatic heterocycles. The number of nitrogens with zero attached hydrogens (tertiary/aromatic N) is 7. The maximum Gasteiger partial charge on any atom is 0.352 e. The number of anilines is 1. The lowest BCUT2D eigenvalue weighted by molar-refractivity contribution is -0.150. The molecule has 0 saturated carbocycles. The van der Waals surface area contributed by atoms with Crippen LogP contribution >= 0.6 is 34.9 Å². The highest BCUT2D eigenvalue weighted by atomic mass is 32.2. The molecule has 1 fully saturated rings. The number of tetrazole rings is 1. The van der Waals surface area contributed by atoms with Crippen LogP contribution in [0.5, 0.6) is 0 Å². The monoisotopic (exact) mass is 541 g/mol. The molecular weight excluding hydrogens is 526 g/mol. The zero-order valence-electron chi connectivity index (χ0n) is 17.3. The van der Waals surface area contributed by atoms with Crippen LogP contribution in [0.4, 0.5) is 5.13 Å². The predicted octanol–water partition coefficient (Wildman–Crippen LogP) is -1.49. The van der Waals surface area contributed by atoms with Crippen LogP contribution in [0.3, 0.4) is 0 Å². The molecule has 2 aliphatic rings. The van der Waals surface area contributed by atoms with Crippen molar-refractivity contribution in [3.8, 4) is 0 Å². The van der Waals surface area contributed by atoms with Gasteiger partial charge in [0.2, 0.25) is 5.16 Å². The number of carbonyl (C=O) groups excluding carboxylic acids is 2. The molecule has 1 unspecified atom stereocenters. The van der Waals surface area contributed by atoms with Gasteiger partial charge in [-0.05, 0) is 16.0 Å². The highest BCUT2D eigenvalue weighted by Gasteiger charge is 2.54. The Morgan fingerprint density at radius 1 is 1.34 bits per heavy atom. The van der Waals surface area contributed by atoms with Crippen LogP contribution in [0.1, 0.15) is 5.69 Å².